The van der Waals surface area contributed by atoms with E-state index in [1.807, 2.05) is 12.1 Å². The largest absolute Gasteiger partial charge is 0.481 e. The topological polar surface area (TPSA) is 57.6 Å². The fourth-order valence-electron chi connectivity index (χ4n) is 2.06. The maximum absolute atomic E-state index is 12.1. The van der Waals surface area contributed by atoms with Crippen LogP contribution in [0.3, 0.4) is 0 Å². The SMILES string of the molecule is C[C@]1(C(=O)O)CCN(C(=O)Cc2ccc(Br)s2)C1. The molecule has 0 spiro atoms. The van der Waals surface area contributed by atoms with Gasteiger partial charge < -0.3 is 10.0 Å². The van der Waals surface area contributed by atoms with Crippen LogP contribution in [0.5, 0.6) is 0 Å². The normalized spacial score (nSPS) is 23.3. The van der Waals surface area contributed by atoms with Crippen molar-refractivity contribution in [2.45, 2.75) is 19.8 Å². The lowest BCUT2D eigenvalue weighted by molar-refractivity contribution is -0.147. The van der Waals surface area contributed by atoms with Crippen LogP contribution in [0, 0.1) is 5.41 Å². The minimum Gasteiger partial charge on any atom is -0.481 e. The number of nitrogens with zero attached hydrogens (tertiary/aromatic N) is 1. The predicted molar refractivity (Wildman–Crippen MR) is 72.7 cm³/mol. The number of halogens is 1. The second-order valence-corrected chi connectivity index (χ2v) is 7.36. The van der Waals surface area contributed by atoms with Gasteiger partial charge in [0.2, 0.25) is 5.91 Å². The van der Waals surface area contributed by atoms with E-state index >= 15 is 0 Å². The van der Waals surface area contributed by atoms with Gasteiger partial charge >= 0.3 is 5.97 Å². The molecule has 4 nitrogen and oxygen atoms in total. The molecule has 0 radical (unpaired) electrons. The summed E-state index contributed by atoms with van der Waals surface area (Å²) in [5.41, 5.74) is -0.786. The van der Waals surface area contributed by atoms with E-state index in [2.05, 4.69) is 15.9 Å². The van der Waals surface area contributed by atoms with Crippen LogP contribution in [-0.4, -0.2) is 35.0 Å². The number of thiophene rings is 1. The summed E-state index contributed by atoms with van der Waals surface area (Å²) >= 11 is 4.89. The van der Waals surface area contributed by atoms with E-state index in [4.69, 9.17) is 5.11 Å². The van der Waals surface area contributed by atoms with E-state index < -0.39 is 11.4 Å². The number of rotatable bonds is 3. The Bertz CT molecular complexity index is 487. The highest BCUT2D eigenvalue weighted by molar-refractivity contribution is 9.11. The van der Waals surface area contributed by atoms with Crippen molar-refractivity contribution in [3.63, 3.8) is 0 Å². The van der Waals surface area contributed by atoms with E-state index in [0.717, 1.165) is 8.66 Å². The standard InChI is InChI=1S/C12H14BrNO3S/c1-12(11(16)17)4-5-14(7-12)10(15)6-8-2-3-9(13)18-8/h2-3H,4-7H2,1H3,(H,16,17)/t12-/m0/s1. The van der Waals surface area contributed by atoms with Gasteiger partial charge in [0.1, 0.15) is 0 Å². The van der Waals surface area contributed by atoms with Crippen LogP contribution in [0.25, 0.3) is 0 Å². The van der Waals surface area contributed by atoms with Crippen molar-refractivity contribution in [1.29, 1.82) is 0 Å². The van der Waals surface area contributed by atoms with Crippen molar-refractivity contribution >= 4 is 39.1 Å². The fourth-order valence-corrected chi connectivity index (χ4v) is 3.53. The number of hydrogen-bond donors (Lipinski definition) is 1. The first-order valence-corrected chi connectivity index (χ1v) is 7.27. The van der Waals surface area contributed by atoms with Crippen LogP contribution in [-0.2, 0) is 16.0 Å². The molecule has 0 saturated carbocycles. The van der Waals surface area contributed by atoms with Gasteiger partial charge in [0, 0.05) is 18.0 Å². The Kier molecular flexibility index (Phi) is 3.77. The molecule has 0 aliphatic carbocycles. The summed E-state index contributed by atoms with van der Waals surface area (Å²) in [6.45, 7) is 2.55. The number of carboxylic acids is 1. The van der Waals surface area contributed by atoms with Gasteiger partial charge in [0.15, 0.2) is 0 Å². The Labute approximate surface area is 118 Å². The Morgan fingerprint density at radius 3 is 2.78 bits per heavy atom. The zero-order valence-corrected chi connectivity index (χ0v) is 12.4. The molecular weight excluding hydrogens is 318 g/mol. The van der Waals surface area contributed by atoms with Gasteiger partial charge in [-0.2, -0.15) is 0 Å². The molecule has 1 atom stereocenters. The first-order valence-electron chi connectivity index (χ1n) is 5.66. The van der Waals surface area contributed by atoms with Crippen molar-refractivity contribution < 1.29 is 14.7 Å². The average molecular weight is 332 g/mol. The molecule has 0 unspecified atom stereocenters. The van der Waals surface area contributed by atoms with Gasteiger partial charge in [-0.1, -0.05) is 0 Å². The van der Waals surface area contributed by atoms with Crippen molar-refractivity contribution in [3.8, 4) is 0 Å². The molecule has 1 N–H and O–H groups in total. The Morgan fingerprint density at radius 1 is 1.56 bits per heavy atom. The molecule has 1 aromatic heterocycles. The molecule has 2 heterocycles. The molecule has 18 heavy (non-hydrogen) atoms. The summed E-state index contributed by atoms with van der Waals surface area (Å²) in [7, 11) is 0. The molecule has 98 valence electrons. The molecule has 1 amide bonds. The van der Waals surface area contributed by atoms with Gasteiger partial charge in [0.25, 0.3) is 0 Å². The van der Waals surface area contributed by atoms with E-state index in [1.165, 1.54) is 11.3 Å². The van der Waals surface area contributed by atoms with Crippen LogP contribution >= 0.6 is 27.3 Å². The van der Waals surface area contributed by atoms with E-state index in [0.29, 0.717) is 25.9 Å². The molecule has 0 bridgehead atoms. The van der Waals surface area contributed by atoms with Crippen LogP contribution < -0.4 is 0 Å². The summed E-state index contributed by atoms with van der Waals surface area (Å²) in [5, 5.41) is 9.12. The Balaban J connectivity index is 1.98. The third kappa shape index (κ3) is 2.75. The summed E-state index contributed by atoms with van der Waals surface area (Å²) in [6.07, 6.45) is 0.883. The highest BCUT2D eigenvalue weighted by Crippen LogP contribution is 2.31. The second kappa shape index (κ2) is 5.01. The van der Waals surface area contributed by atoms with Crippen LogP contribution in [0.15, 0.2) is 15.9 Å². The van der Waals surface area contributed by atoms with Gasteiger partial charge in [-0.3, -0.25) is 9.59 Å². The van der Waals surface area contributed by atoms with Crippen LogP contribution in [0.4, 0.5) is 0 Å². The van der Waals surface area contributed by atoms with Crippen molar-refractivity contribution in [2.75, 3.05) is 13.1 Å². The number of hydrogen-bond acceptors (Lipinski definition) is 3. The lowest BCUT2D eigenvalue weighted by atomic mass is 9.90. The minimum absolute atomic E-state index is 0.00863. The lowest BCUT2D eigenvalue weighted by Gasteiger charge is -2.19. The molecule has 1 fully saturated rings. The summed E-state index contributed by atoms with van der Waals surface area (Å²) in [6, 6.07) is 3.83. The number of amides is 1. The van der Waals surface area contributed by atoms with Crippen LogP contribution in [0.1, 0.15) is 18.2 Å². The van der Waals surface area contributed by atoms with E-state index in [1.54, 1.807) is 11.8 Å². The van der Waals surface area contributed by atoms with Crippen molar-refractivity contribution in [2.24, 2.45) is 5.41 Å². The monoisotopic (exact) mass is 331 g/mol. The molecule has 2 rings (SSSR count). The minimum atomic E-state index is -0.823. The maximum atomic E-state index is 12.1. The van der Waals surface area contributed by atoms with Crippen LogP contribution in [0.2, 0.25) is 0 Å². The molecular formula is C12H14BrNO3S. The molecule has 0 aromatic carbocycles. The number of carbonyl (C=O) groups is 2. The van der Waals surface area contributed by atoms with Gasteiger partial charge in [-0.15, -0.1) is 11.3 Å². The Morgan fingerprint density at radius 2 is 2.28 bits per heavy atom. The maximum Gasteiger partial charge on any atom is 0.311 e. The zero-order chi connectivity index (χ0) is 13.3. The summed E-state index contributed by atoms with van der Waals surface area (Å²) in [5.74, 6) is -0.814. The zero-order valence-electron chi connectivity index (χ0n) is 9.98. The Hall–Kier alpha value is -0.880. The van der Waals surface area contributed by atoms with Crippen molar-refractivity contribution in [1.82, 2.24) is 4.90 Å². The summed E-state index contributed by atoms with van der Waals surface area (Å²) < 4.78 is 1.00. The number of carbonyl (C=O) groups excluding carboxylic acids is 1. The van der Waals surface area contributed by atoms with Gasteiger partial charge in [-0.05, 0) is 41.4 Å². The third-order valence-corrected chi connectivity index (χ3v) is 4.92. The molecule has 1 aromatic rings. The molecule has 1 aliphatic heterocycles. The highest BCUT2D eigenvalue weighted by atomic mass is 79.9. The van der Waals surface area contributed by atoms with Gasteiger partial charge in [0.05, 0.1) is 15.6 Å². The molecule has 6 heteroatoms. The van der Waals surface area contributed by atoms with E-state index in [-0.39, 0.29) is 5.91 Å². The average Bonchev–Trinajstić information content (AvgIpc) is 2.86. The summed E-state index contributed by atoms with van der Waals surface area (Å²) in [4.78, 5) is 25.8. The smallest absolute Gasteiger partial charge is 0.311 e. The predicted octanol–water partition coefficient (Wildman–Crippen LogP) is 2.38. The fraction of sp³-hybridized carbons (Fsp3) is 0.500. The third-order valence-electron chi connectivity index (χ3n) is 3.30. The van der Waals surface area contributed by atoms with Gasteiger partial charge in [-0.25, -0.2) is 0 Å². The first kappa shape index (κ1) is 13.5. The number of aliphatic carboxylic acids is 1. The first-order chi connectivity index (χ1) is 8.40. The molecule has 1 saturated heterocycles. The molecule has 1 aliphatic rings. The second-order valence-electron chi connectivity index (χ2n) is 4.81. The number of carboxylic acid groups (broad SMARTS) is 1. The highest BCUT2D eigenvalue weighted by Gasteiger charge is 2.41. The lowest BCUT2D eigenvalue weighted by Crippen LogP contribution is -2.35. The quantitative estimate of drug-likeness (QED) is 0.925. The van der Waals surface area contributed by atoms with Crippen molar-refractivity contribution in [3.05, 3.63) is 20.8 Å². The number of likely N-dealkylation sites (tertiary alicyclic amines) is 1. The van der Waals surface area contributed by atoms with E-state index in [9.17, 15) is 9.59 Å².